The van der Waals surface area contributed by atoms with Gasteiger partial charge in [-0.25, -0.2) is 0 Å². The van der Waals surface area contributed by atoms with E-state index in [9.17, 15) is 4.79 Å². The Bertz CT molecular complexity index is 633. The summed E-state index contributed by atoms with van der Waals surface area (Å²) in [6.07, 6.45) is 0.935. The van der Waals surface area contributed by atoms with E-state index in [1.165, 1.54) is 0 Å². The van der Waals surface area contributed by atoms with Crippen LogP contribution in [0.2, 0.25) is 0 Å². The van der Waals surface area contributed by atoms with Gasteiger partial charge in [-0.05, 0) is 39.2 Å². The number of nitrogens with zero attached hydrogens (tertiary/aromatic N) is 3. The van der Waals surface area contributed by atoms with Crippen LogP contribution in [0, 0.1) is 6.92 Å². The SMILES string of the molecule is Cc1ccc(CNC(=O)c2cc3n(n2)C[C@@H](N(C)C)C3)o1. The Morgan fingerprint density at radius 2 is 2.33 bits per heavy atom. The third-order valence-electron chi connectivity index (χ3n) is 3.87. The molecule has 1 aliphatic rings. The number of rotatable bonds is 4. The van der Waals surface area contributed by atoms with E-state index in [-0.39, 0.29) is 5.91 Å². The quantitative estimate of drug-likeness (QED) is 0.918. The van der Waals surface area contributed by atoms with Crippen molar-refractivity contribution in [2.45, 2.75) is 32.5 Å². The second-order valence-corrected chi connectivity index (χ2v) is 5.72. The van der Waals surface area contributed by atoms with Crippen molar-refractivity contribution in [3.63, 3.8) is 0 Å². The Balaban J connectivity index is 1.61. The molecule has 1 aliphatic heterocycles. The molecule has 0 unspecified atom stereocenters. The van der Waals surface area contributed by atoms with E-state index >= 15 is 0 Å². The maximum atomic E-state index is 12.1. The van der Waals surface area contributed by atoms with Gasteiger partial charge in [0.1, 0.15) is 17.2 Å². The highest BCUT2D eigenvalue weighted by atomic mass is 16.3. The molecule has 1 N–H and O–H groups in total. The maximum absolute atomic E-state index is 12.1. The molecular weight excluding hydrogens is 268 g/mol. The van der Waals surface area contributed by atoms with E-state index in [4.69, 9.17) is 4.42 Å². The van der Waals surface area contributed by atoms with E-state index in [2.05, 4.69) is 29.4 Å². The lowest BCUT2D eigenvalue weighted by atomic mass is 10.2. The molecular formula is C15H20N4O2. The van der Waals surface area contributed by atoms with Crippen molar-refractivity contribution in [2.75, 3.05) is 14.1 Å². The van der Waals surface area contributed by atoms with E-state index in [0.29, 0.717) is 18.3 Å². The fraction of sp³-hybridized carbons (Fsp3) is 0.467. The van der Waals surface area contributed by atoms with Crippen molar-refractivity contribution < 1.29 is 9.21 Å². The Morgan fingerprint density at radius 3 is 2.95 bits per heavy atom. The summed E-state index contributed by atoms with van der Waals surface area (Å²) in [5.74, 6) is 1.43. The summed E-state index contributed by atoms with van der Waals surface area (Å²) in [5, 5.41) is 7.22. The zero-order valence-corrected chi connectivity index (χ0v) is 12.6. The fourth-order valence-electron chi connectivity index (χ4n) is 2.58. The number of likely N-dealkylation sites (N-methyl/N-ethyl adjacent to an activating group) is 1. The van der Waals surface area contributed by atoms with Gasteiger partial charge in [-0.2, -0.15) is 5.10 Å². The largest absolute Gasteiger partial charge is 0.465 e. The van der Waals surface area contributed by atoms with E-state index < -0.39 is 0 Å². The number of fused-ring (bicyclic) bond motifs is 1. The summed E-state index contributed by atoms with van der Waals surface area (Å²) in [6, 6.07) is 6.10. The average molecular weight is 288 g/mol. The monoisotopic (exact) mass is 288 g/mol. The van der Waals surface area contributed by atoms with Crippen molar-refractivity contribution in [3.05, 3.63) is 41.1 Å². The molecule has 3 heterocycles. The van der Waals surface area contributed by atoms with Crippen LogP contribution in [-0.2, 0) is 19.5 Å². The number of carbonyl (C=O) groups is 1. The molecule has 112 valence electrons. The Kier molecular flexibility index (Phi) is 3.55. The second-order valence-electron chi connectivity index (χ2n) is 5.72. The van der Waals surface area contributed by atoms with Gasteiger partial charge < -0.3 is 14.6 Å². The zero-order chi connectivity index (χ0) is 15.0. The Hall–Kier alpha value is -2.08. The summed E-state index contributed by atoms with van der Waals surface area (Å²) in [7, 11) is 4.13. The Morgan fingerprint density at radius 1 is 1.52 bits per heavy atom. The molecule has 0 saturated carbocycles. The van der Waals surface area contributed by atoms with Crippen molar-refractivity contribution in [1.29, 1.82) is 0 Å². The summed E-state index contributed by atoms with van der Waals surface area (Å²) in [4.78, 5) is 14.3. The lowest BCUT2D eigenvalue weighted by Crippen LogP contribution is -2.29. The van der Waals surface area contributed by atoms with Gasteiger partial charge in [0.15, 0.2) is 0 Å². The third-order valence-corrected chi connectivity index (χ3v) is 3.87. The number of aromatic nitrogens is 2. The first-order chi connectivity index (χ1) is 10.0. The number of amides is 1. The lowest BCUT2D eigenvalue weighted by Gasteiger charge is -2.17. The molecule has 0 fully saturated rings. The molecule has 2 aromatic rings. The molecule has 0 saturated heterocycles. The van der Waals surface area contributed by atoms with Gasteiger partial charge in [0.05, 0.1) is 13.1 Å². The van der Waals surface area contributed by atoms with Gasteiger partial charge in [0.2, 0.25) is 0 Å². The number of hydrogen-bond acceptors (Lipinski definition) is 4. The number of aryl methyl sites for hydroxylation is 1. The van der Waals surface area contributed by atoms with Gasteiger partial charge in [-0.1, -0.05) is 0 Å². The smallest absolute Gasteiger partial charge is 0.272 e. The van der Waals surface area contributed by atoms with Crippen molar-refractivity contribution in [2.24, 2.45) is 0 Å². The highest BCUT2D eigenvalue weighted by molar-refractivity contribution is 5.92. The van der Waals surface area contributed by atoms with Gasteiger partial charge in [0.25, 0.3) is 5.91 Å². The average Bonchev–Trinajstić information content (AvgIpc) is 3.09. The summed E-state index contributed by atoms with van der Waals surface area (Å²) in [5.41, 5.74) is 1.60. The van der Waals surface area contributed by atoms with Crippen LogP contribution in [0.5, 0.6) is 0 Å². The van der Waals surface area contributed by atoms with Crippen LogP contribution < -0.4 is 5.32 Å². The molecule has 0 bridgehead atoms. The van der Waals surface area contributed by atoms with E-state index in [1.807, 2.05) is 29.8 Å². The summed E-state index contributed by atoms with van der Waals surface area (Å²) >= 11 is 0. The number of furan rings is 1. The van der Waals surface area contributed by atoms with E-state index in [0.717, 1.165) is 30.2 Å². The maximum Gasteiger partial charge on any atom is 0.272 e. The van der Waals surface area contributed by atoms with Crippen LogP contribution in [-0.4, -0.2) is 40.7 Å². The van der Waals surface area contributed by atoms with Crippen LogP contribution in [0.4, 0.5) is 0 Å². The van der Waals surface area contributed by atoms with Crippen LogP contribution in [0.15, 0.2) is 22.6 Å². The minimum atomic E-state index is -0.160. The molecule has 21 heavy (non-hydrogen) atoms. The number of carbonyl (C=O) groups excluding carboxylic acids is 1. The predicted octanol–water partition coefficient (Wildman–Crippen LogP) is 1.20. The molecule has 0 radical (unpaired) electrons. The highest BCUT2D eigenvalue weighted by Crippen LogP contribution is 2.18. The van der Waals surface area contributed by atoms with E-state index in [1.54, 1.807) is 0 Å². The molecule has 3 rings (SSSR count). The molecule has 0 spiro atoms. The van der Waals surface area contributed by atoms with Gasteiger partial charge in [-0.3, -0.25) is 9.48 Å². The van der Waals surface area contributed by atoms with Crippen LogP contribution in [0.1, 0.15) is 27.7 Å². The first-order valence-corrected chi connectivity index (χ1v) is 7.09. The second kappa shape index (κ2) is 5.37. The predicted molar refractivity (Wildman–Crippen MR) is 78.0 cm³/mol. The van der Waals surface area contributed by atoms with Crippen molar-refractivity contribution in [3.8, 4) is 0 Å². The summed E-state index contributed by atoms with van der Waals surface area (Å²) < 4.78 is 7.35. The minimum Gasteiger partial charge on any atom is -0.465 e. The van der Waals surface area contributed by atoms with Gasteiger partial charge in [0, 0.05) is 18.2 Å². The summed E-state index contributed by atoms with van der Waals surface area (Å²) in [6.45, 7) is 3.11. The standard InChI is InChI=1S/C15H20N4O2/c1-10-4-5-13(21-10)8-16-15(20)14-7-11-6-12(18(2)3)9-19(11)17-14/h4-5,7,12H,6,8-9H2,1-3H3,(H,16,20)/t12-/m0/s1. The third kappa shape index (κ3) is 2.85. The highest BCUT2D eigenvalue weighted by Gasteiger charge is 2.26. The molecule has 6 heteroatoms. The first-order valence-electron chi connectivity index (χ1n) is 7.09. The topological polar surface area (TPSA) is 63.3 Å². The normalized spacial score (nSPS) is 17.2. The van der Waals surface area contributed by atoms with Gasteiger partial charge >= 0.3 is 0 Å². The lowest BCUT2D eigenvalue weighted by molar-refractivity contribution is 0.0941. The van der Waals surface area contributed by atoms with Crippen LogP contribution in [0.3, 0.4) is 0 Å². The Labute approximate surface area is 123 Å². The van der Waals surface area contributed by atoms with Crippen molar-refractivity contribution in [1.82, 2.24) is 20.0 Å². The zero-order valence-electron chi connectivity index (χ0n) is 12.6. The molecule has 0 aromatic carbocycles. The fourth-order valence-corrected chi connectivity index (χ4v) is 2.58. The van der Waals surface area contributed by atoms with Crippen LogP contribution in [0.25, 0.3) is 0 Å². The molecule has 1 atom stereocenters. The molecule has 0 aliphatic carbocycles. The molecule has 2 aromatic heterocycles. The molecule has 6 nitrogen and oxygen atoms in total. The number of nitrogens with one attached hydrogen (secondary N) is 1. The van der Waals surface area contributed by atoms with Crippen molar-refractivity contribution >= 4 is 5.91 Å². The van der Waals surface area contributed by atoms with Crippen LogP contribution >= 0.6 is 0 Å². The van der Waals surface area contributed by atoms with Gasteiger partial charge in [-0.15, -0.1) is 0 Å². The minimum absolute atomic E-state index is 0.160. The number of hydrogen-bond donors (Lipinski definition) is 1. The molecule has 1 amide bonds. The first kappa shape index (κ1) is 13.9.